The summed E-state index contributed by atoms with van der Waals surface area (Å²) in [5.74, 6) is 0.255. The Kier molecular flexibility index (Phi) is 3.44. The van der Waals surface area contributed by atoms with Gasteiger partial charge in [-0.3, -0.25) is 4.99 Å². The highest BCUT2D eigenvalue weighted by atomic mass is 79.9. The molecule has 0 aliphatic rings. The van der Waals surface area contributed by atoms with Crippen LogP contribution in [0.4, 0.5) is 5.69 Å². The molecule has 0 fully saturated rings. The van der Waals surface area contributed by atoms with Gasteiger partial charge in [-0.2, -0.15) is 0 Å². The zero-order valence-corrected chi connectivity index (χ0v) is 10.4. The van der Waals surface area contributed by atoms with Crippen molar-refractivity contribution in [2.75, 3.05) is 0 Å². The highest BCUT2D eigenvalue weighted by Gasteiger charge is 2.00. The maximum absolute atomic E-state index is 9.61. The van der Waals surface area contributed by atoms with Crippen LogP contribution < -0.4 is 0 Å². The van der Waals surface area contributed by atoms with E-state index in [1.165, 1.54) is 6.21 Å². The molecule has 0 aromatic heterocycles. The molecule has 0 spiro atoms. The number of aromatic hydroxyl groups is 2. The fourth-order valence-electron chi connectivity index (χ4n) is 1.34. The minimum Gasteiger partial charge on any atom is -0.507 e. The predicted molar refractivity (Wildman–Crippen MR) is 71.2 cm³/mol. The van der Waals surface area contributed by atoms with E-state index in [4.69, 9.17) is 0 Å². The molecule has 2 aromatic carbocycles. The highest BCUT2D eigenvalue weighted by molar-refractivity contribution is 9.10. The summed E-state index contributed by atoms with van der Waals surface area (Å²) in [6.45, 7) is 0. The molecule has 0 unspecified atom stereocenters. The van der Waals surface area contributed by atoms with E-state index in [9.17, 15) is 10.2 Å². The zero-order valence-electron chi connectivity index (χ0n) is 8.84. The molecular weight excluding hydrogens is 282 g/mol. The number of phenolic OH excluding ortho intramolecular Hbond substituents is 2. The molecular formula is C13H10BrNO2. The summed E-state index contributed by atoms with van der Waals surface area (Å²) in [7, 11) is 0. The molecule has 0 radical (unpaired) electrons. The van der Waals surface area contributed by atoms with E-state index in [0.717, 1.165) is 4.47 Å². The van der Waals surface area contributed by atoms with Crippen molar-refractivity contribution in [1.82, 2.24) is 0 Å². The van der Waals surface area contributed by atoms with E-state index in [1.54, 1.807) is 42.5 Å². The van der Waals surface area contributed by atoms with Crippen LogP contribution in [0.2, 0.25) is 0 Å². The Morgan fingerprint density at radius 2 is 1.76 bits per heavy atom. The maximum atomic E-state index is 9.61. The van der Waals surface area contributed by atoms with Gasteiger partial charge in [-0.1, -0.05) is 28.1 Å². The summed E-state index contributed by atoms with van der Waals surface area (Å²) < 4.78 is 0.856. The van der Waals surface area contributed by atoms with Crippen LogP contribution in [-0.2, 0) is 0 Å². The highest BCUT2D eigenvalue weighted by Crippen LogP contribution is 2.26. The predicted octanol–water partition coefficient (Wildman–Crippen LogP) is 3.61. The van der Waals surface area contributed by atoms with E-state index in [1.807, 2.05) is 0 Å². The molecule has 2 aromatic rings. The number of para-hydroxylation sites is 2. The molecule has 0 aliphatic carbocycles. The zero-order chi connectivity index (χ0) is 12.3. The average molecular weight is 292 g/mol. The Bertz CT molecular complexity index is 567. The van der Waals surface area contributed by atoms with Gasteiger partial charge in [-0.25, -0.2) is 0 Å². The molecule has 0 amide bonds. The number of halogens is 1. The van der Waals surface area contributed by atoms with E-state index in [0.29, 0.717) is 11.3 Å². The Morgan fingerprint density at radius 3 is 2.53 bits per heavy atom. The minimum atomic E-state index is 0.109. The lowest BCUT2D eigenvalue weighted by molar-refractivity contribution is 0.474. The van der Waals surface area contributed by atoms with Crippen LogP contribution in [0.15, 0.2) is 51.9 Å². The Labute approximate surface area is 107 Å². The summed E-state index contributed by atoms with van der Waals surface area (Å²) in [6, 6.07) is 11.8. The molecule has 17 heavy (non-hydrogen) atoms. The van der Waals surface area contributed by atoms with Crippen molar-refractivity contribution >= 4 is 27.8 Å². The molecule has 0 bridgehead atoms. The van der Waals surface area contributed by atoms with Crippen LogP contribution in [0.25, 0.3) is 0 Å². The number of aliphatic imine (C=N–C) groups is 1. The number of hydrogen-bond donors (Lipinski definition) is 2. The van der Waals surface area contributed by atoms with Crippen LogP contribution >= 0.6 is 15.9 Å². The molecule has 86 valence electrons. The Morgan fingerprint density at radius 1 is 1.00 bits per heavy atom. The summed E-state index contributed by atoms with van der Waals surface area (Å²) in [4.78, 5) is 4.12. The van der Waals surface area contributed by atoms with E-state index < -0.39 is 0 Å². The second kappa shape index (κ2) is 5.01. The Balaban J connectivity index is 2.32. The van der Waals surface area contributed by atoms with E-state index in [-0.39, 0.29) is 11.5 Å². The fraction of sp³-hybridized carbons (Fsp3) is 0. The van der Waals surface area contributed by atoms with Gasteiger partial charge in [0.25, 0.3) is 0 Å². The second-order valence-corrected chi connectivity index (χ2v) is 4.37. The van der Waals surface area contributed by atoms with Crippen LogP contribution in [0.1, 0.15) is 5.56 Å². The van der Waals surface area contributed by atoms with Crippen molar-refractivity contribution in [1.29, 1.82) is 0 Å². The number of phenols is 2. The first-order chi connectivity index (χ1) is 8.16. The summed E-state index contributed by atoms with van der Waals surface area (Å²) in [5.41, 5.74) is 1.05. The van der Waals surface area contributed by atoms with Gasteiger partial charge in [0.05, 0.1) is 0 Å². The number of benzene rings is 2. The minimum absolute atomic E-state index is 0.109. The van der Waals surface area contributed by atoms with Gasteiger partial charge in [0.2, 0.25) is 0 Å². The molecule has 0 heterocycles. The standard InChI is InChI=1S/C13H10BrNO2/c14-10-5-6-12(16)9(7-10)8-15-11-3-1-2-4-13(11)17/h1-8,16-17H. The third-order valence-corrected chi connectivity index (χ3v) is 2.71. The number of nitrogens with zero attached hydrogens (tertiary/aromatic N) is 1. The number of hydrogen-bond acceptors (Lipinski definition) is 3. The molecule has 2 rings (SSSR count). The van der Waals surface area contributed by atoms with Crippen LogP contribution in [0.5, 0.6) is 11.5 Å². The number of rotatable bonds is 2. The monoisotopic (exact) mass is 291 g/mol. The van der Waals surface area contributed by atoms with Crippen molar-refractivity contribution in [3.05, 3.63) is 52.5 Å². The van der Waals surface area contributed by atoms with Gasteiger partial charge in [0.15, 0.2) is 0 Å². The maximum Gasteiger partial charge on any atom is 0.141 e. The quantitative estimate of drug-likeness (QED) is 0.831. The first kappa shape index (κ1) is 11.7. The van der Waals surface area contributed by atoms with Gasteiger partial charge < -0.3 is 10.2 Å². The second-order valence-electron chi connectivity index (χ2n) is 3.45. The van der Waals surface area contributed by atoms with Crippen LogP contribution in [0.3, 0.4) is 0 Å². The summed E-state index contributed by atoms with van der Waals surface area (Å²) in [5, 5.41) is 19.1. The molecule has 0 saturated heterocycles. The first-order valence-electron chi connectivity index (χ1n) is 4.97. The van der Waals surface area contributed by atoms with Crippen LogP contribution in [-0.4, -0.2) is 16.4 Å². The molecule has 3 nitrogen and oxygen atoms in total. The van der Waals surface area contributed by atoms with Crippen molar-refractivity contribution in [2.24, 2.45) is 4.99 Å². The molecule has 2 N–H and O–H groups in total. The van der Waals surface area contributed by atoms with E-state index >= 15 is 0 Å². The normalized spacial score (nSPS) is 10.9. The lowest BCUT2D eigenvalue weighted by atomic mass is 10.2. The lowest BCUT2D eigenvalue weighted by Crippen LogP contribution is -1.82. The third-order valence-electron chi connectivity index (χ3n) is 2.21. The molecule has 4 heteroatoms. The fourth-order valence-corrected chi connectivity index (χ4v) is 1.72. The van der Waals surface area contributed by atoms with Crippen molar-refractivity contribution < 1.29 is 10.2 Å². The van der Waals surface area contributed by atoms with Gasteiger partial charge in [0, 0.05) is 16.3 Å². The molecule has 0 aliphatic heterocycles. The van der Waals surface area contributed by atoms with E-state index in [2.05, 4.69) is 20.9 Å². The molecule has 0 atom stereocenters. The lowest BCUT2D eigenvalue weighted by Gasteiger charge is -2.00. The largest absolute Gasteiger partial charge is 0.507 e. The first-order valence-corrected chi connectivity index (χ1v) is 5.77. The van der Waals surface area contributed by atoms with Gasteiger partial charge in [-0.05, 0) is 30.3 Å². The van der Waals surface area contributed by atoms with Gasteiger partial charge in [-0.15, -0.1) is 0 Å². The van der Waals surface area contributed by atoms with Crippen molar-refractivity contribution in [3.8, 4) is 11.5 Å². The summed E-state index contributed by atoms with van der Waals surface area (Å²) >= 11 is 3.31. The Hall–Kier alpha value is -1.81. The van der Waals surface area contributed by atoms with Gasteiger partial charge in [0.1, 0.15) is 17.2 Å². The smallest absolute Gasteiger partial charge is 0.141 e. The van der Waals surface area contributed by atoms with Gasteiger partial charge >= 0.3 is 0 Å². The average Bonchev–Trinajstić information content (AvgIpc) is 2.32. The summed E-state index contributed by atoms with van der Waals surface area (Å²) in [6.07, 6.45) is 1.51. The van der Waals surface area contributed by atoms with Crippen molar-refractivity contribution in [3.63, 3.8) is 0 Å². The SMILES string of the molecule is Oc1ccc(Br)cc1C=Nc1ccccc1O. The van der Waals surface area contributed by atoms with Crippen molar-refractivity contribution in [2.45, 2.75) is 0 Å². The molecule has 0 saturated carbocycles. The van der Waals surface area contributed by atoms with Crippen LogP contribution in [0, 0.1) is 0 Å². The topological polar surface area (TPSA) is 52.8 Å². The third kappa shape index (κ3) is 2.85.